The minimum Gasteiger partial charge on any atom is -0.504 e. The minimum atomic E-state index is -0.0497. The highest BCUT2D eigenvalue weighted by atomic mass is 16.3. The van der Waals surface area contributed by atoms with Gasteiger partial charge in [0.25, 0.3) is 0 Å². The zero-order chi connectivity index (χ0) is 15.1. The van der Waals surface area contributed by atoms with E-state index < -0.39 is 0 Å². The first-order valence-electron chi connectivity index (χ1n) is 7.55. The molecule has 112 valence electrons. The van der Waals surface area contributed by atoms with Crippen molar-refractivity contribution in [1.29, 1.82) is 0 Å². The maximum absolute atomic E-state index is 9.81. The highest BCUT2D eigenvalue weighted by Crippen LogP contribution is 2.35. The molecule has 1 aliphatic rings. The molecule has 0 amide bonds. The summed E-state index contributed by atoms with van der Waals surface area (Å²) in [6.45, 7) is 0.879. The van der Waals surface area contributed by atoms with E-state index >= 15 is 0 Å². The highest BCUT2D eigenvalue weighted by Gasteiger charge is 2.22. The van der Waals surface area contributed by atoms with Crippen molar-refractivity contribution in [2.45, 2.75) is 18.9 Å². The first-order chi connectivity index (χ1) is 10.7. The normalized spacial score (nSPS) is 17.5. The Balaban J connectivity index is 1.72. The van der Waals surface area contributed by atoms with Crippen molar-refractivity contribution >= 4 is 10.9 Å². The Morgan fingerprint density at radius 1 is 1.09 bits per heavy atom. The Kier molecular flexibility index (Phi) is 3.05. The molecule has 1 aromatic heterocycles. The minimum absolute atomic E-state index is 0.0357. The smallest absolute Gasteiger partial charge is 0.157 e. The van der Waals surface area contributed by atoms with Crippen LogP contribution in [0.15, 0.2) is 42.6 Å². The molecule has 2 aromatic carbocycles. The monoisotopic (exact) mass is 294 g/mol. The number of aromatic nitrogens is 1. The molecule has 0 bridgehead atoms. The van der Waals surface area contributed by atoms with E-state index in [0.29, 0.717) is 0 Å². The summed E-state index contributed by atoms with van der Waals surface area (Å²) in [4.78, 5) is 3.31. The van der Waals surface area contributed by atoms with Crippen LogP contribution in [0.1, 0.15) is 22.7 Å². The van der Waals surface area contributed by atoms with Gasteiger partial charge in [0.05, 0.1) is 0 Å². The molecule has 0 unspecified atom stereocenters. The molecule has 0 aliphatic carbocycles. The largest absolute Gasteiger partial charge is 0.504 e. The van der Waals surface area contributed by atoms with E-state index in [1.165, 1.54) is 10.9 Å². The molecule has 0 spiro atoms. The number of hydrogen-bond donors (Lipinski definition) is 4. The SMILES string of the molecule is Oc1cc2c(cc1O)[C@H](Cc1c[nH]c3ccccc13)NCC2. The molecule has 4 rings (SSSR count). The second-order valence-corrected chi connectivity index (χ2v) is 5.86. The van der Waals surface area contributed by atoms with Gasteiger partial charge in [-0.2, -0.15) is 0 Å². The number of hydrogen-bond acceptors (Lipinski definition) is 3. The van der Waals surface area contributed by atoms with Crippen molar-refractivity contribution < 1.29 is 10.2 Å². The van der Waals surface area contributed by atoms with Gasteiger partial charge >= 0.3 is 0 Å². The third-order valence-corrected chi connectivity index (χ3v) is 4.50. The number of benzene rings is 2. The summed E-state index contributed by atoms with van der Waals surface area (Å²) >= 11 is 0. The van der Waals surface area contributed by atoms with E-state index in [-0.39, 0.29) is 17.5 Å². The third kappa shape index (κ3) is 2.12. The fourth-order valence-electron chi connectivity index (χ4n) is 3.37. The van der Waals surface area contributed by atoms with E-state index in [1.54, 1.807) is 12.1 Å². The van der Waals surface area contributed by atoms with Gasteiger partial charge in [-0.05, 0) is 54.3 Å². The first kappa shape index (κ1) is 13.2. The Labute approximate surface area is 128 Å². The molecule has 4 nitrogen and oxygen atoms in total. The molecule has 1 aliphatic heterocycles. The molecule has 3 aromatic rings. The van der Waals surface area contributed by atoms with Crippen molar-refractivity contribution in [2.24, 2.45) is 0 Å². The van der Waals surface area contributed by atoms with E-state index in [2.05, 4.69) is 28.6 Å². The molecule has 0 saturated heterocycles. The van der Waals surface area contributed by atoms with Crippen molar-refractivity contribution in [3.8, 4) is 11.5 Å². The molecular formula is C18H18N2O2. The van der Waals surface area contributed by atoms with Gasteiger partial charge in [-0.1, -0.05) is 18.2 Å². The van der Waals surface area contributed by atoms with Crippen LogP contribution in [0.3, 0.4) is 0 Å². The number of fused-ring (bicyclic) bond motifs is 2. The Morgan fingerprint density at radius 2 is 1.91 bits per heavy atom. The summed E-state index contributed by atoms with van der Waals surface area (Å²) in [6, 6.07) is 11.8. The number of phenolic OH excluding ortho intramolecular Hbond substituents is 2. The summed E-state index contributed by atoms with van der Waals surface area (Å²) in [5.74, 6) is -0.0853. The van der Waals surface area contributed by atoms with E-state index in [9.17, 15) is 10.2 Å². The molecule has 4 heteroatoms. The van der Waals surface area contributed by atoms with Crippen molar-refractivity contribution in [1.82, 2.24) is 10.3 Å². The molecule has 0 radical (unpaired) electrons. The average Bonchev–Trinajstić information content (AvgIpc) is 2.93. The van der Waals surface area contributed by atoms with Crippen LogP contribution in [-0.2, 0) is 12.8 Å². The van der Waals surface area contributed by atoms with Gasteiger partial charge < -0.3 is 20.5 Å². The van der Waals surface area contributed by atoms with E-state index in [1.807, 2.05) is 12.1 Å². The Bertz CT molecular complexity index is 838. The zero-order valence-corrected chi connectivity index (χ0v) is 12.1. The molecular weight excluding hydrogens is 276 g/mol. The summed E-state index contributed by atoms with van der Waals surface area (Å²) in [5.41, 5.74) is 4.58. The predicted molar refractivity (Wildman–Crippen MR) is 86.2 cm³/mol. The van der Waals surface area contributed by atoms with Gasteiger partial charge in [0.1, 0.15) is 0 Å². The first-order valence-corrected chi connectivity index (χ1v) is 7.55. The van der Waals surface area contributed by atoms with Gasteiger partial charge in [0, 0.05) is 23.1 Å². The van der Waals surface area contributed by atoms with Gasteiger partial charge in [-0.15, -0.1) is 0 Å². The topological polar surface area (TPSA) is 68.3 Å². The third-order valence-electron chi connectivity index (χ3n) is 4.50. The lowest BCUT2D eigenvalue weighted by Gasteiger charge is -2.27. The molecule has 22 heavy (non-hydrogen) atoms. The number of para-hydroxylation sites is 1. The van der Waals surface area contributed by atoms with Gasteiger partial charge in [0.15, 0.2) is 11.5 Å². The Hall–Kier alpha value is -2.46. The fourth-order valence-corrected chi connectivity index (χ4v) is 3.37. The van der Waals surface area contributed by atoms with Crippen LogP contribution in [0.2, 0.25) is 0 Å². The van der Waals surface area contributed by atoms with Crippen molar-refractivity contribution in [3.05, 3.63) is 59.3 Å². The summed E-state index contributed by atoms with van der Waals surface area (Å²) in [6.07, 6.45) is 3.77. The van der Waals surface area contributed by atoms with Gasteiger partial charge in [-0.25, -0.2) is 0 Å². The van der Waals surface area contributed by atoms with Gasteiger partial charge in [0.2, 0.25) is 0 Å². The second kappa shape index (κ2) is 5.07. The van der Waals surface area contributed by atoms with E-state index in [4.69, 9.17) is 0 Å². The molecule has 0 saturated carbocycles. The molecule has 2 heterocycles. The van der Waals surface area contributed by atoms with E-state index in [0.717, 1.165) is 36.0 Å². The highest BCUT2D eigenvalue weighted by molar-refractivity contribution is 5.83. The van der Waals surface area contributed by atoms with Gasteiger partial charge in [-0.3, -0.25) is 0 Å². The van der Waals surface area contributed by atoms with Crippen LogP contribution in [0.4, 0.5) is 0 Å². The number of nitrogens with one attached hydrogen (secondary N) is 2. The summed E-state index contributed by atoms with van der Waals surface area (Å²) < 4.78 is 0. The molecule has 1 atom stereocenters. The maximum Gasteiger partial charge on any atom is 0.157 e. The summed E-state index contributed by atoms with van der Waals surface area (Å²) in [5, 5.41) is 24.2. The Morgan fingerprint density at radius 3 is 2.82 bits per heavy atom. The number of aromatic hydroxyl groups is 2. The van der Waals surface area contributed by atoms with Crippen LogP contribution >= 0.6 is 0 Å². The molecule has 4 N–H and O–H groups in total. The fraction of sp³-hybridized carbons (Fsp3) is 0.222. The number of aromatic amines is 1. The van der Waals surface area contributed by atoms with Crippen LogP contribution in [-0.4, -0.2) is 21.7 Å². The predicted octanol–water partition coefficient (Wildman–Crippen LogP) is 3.01. The summed E-state index contributed by atoms with van der Waals surface area (Å²) in [7, 11) is 0. The average molecular weight is 294 g/mol. The lowest BCUT2D eigenvalue weighted by Crippen LogP contribution is -2.31. The second-order valence-electron chi connectivity index (χ2n) is 5.86. The van der Waals surface area contributed by atoms with Crippen LogP contribution in [0, 0.1) is 0 Å². The number of phenols is 2. The quantitative estimate of drug-likeness (QED) is 0.549. The van der Waals surface area contributed by atoms with Crippen LogP contribution in [0.5, 0.6) is 11.5 Å². The molecule has 0 fully saturated rings. The van der Waals surface area contributed by atoms with Crippen molar-refractivity contribution in [2.75, 3.05) is 6.54 Å². The van der Waals surface area contributed by atoms with Crippen LogP contribution in [0.25, 0.3) is 10.9 Å². The maximum atomic E-state index is 9.81. The zero-order valence-electron chi connectivity index (χ0n) is 12.1. The number of rotatable bonds is 2. The lowest BCUT2D eigenvalue weighted by molar-refractivity contribution is 0.398. The number of H-pyrrole nitrogens is 1. The van der Waals surface area contributed by atoms with Crippen molar-refractivity contribution in [3.63, 3.8) is 0 Å². The lowest BCUT2D eigenvalue weighted by atomic mass is 9.90. The standard InChI is InChI=1S/C18H18N2O2/c21-17-8-11-5-6-19-16(14(11)9-18(17)22)7-12-10-20-15-4-2-1-3-13(12)15/h1-4,8-10,16,19-22H,5-7H2/t16-/m0/s1. The van der Waals surface area contributed by atoms with Crippen LogP contribution < -0.4 is 5.32 Å².